The van der Waals surface area contributed by atoms with Gasteiger partial charge in [0, 0.05) is 13.1 Å². The number of carbonyl (C=O) groups excluding carboxylic acids is 1. The fourth-order valence-electron chi connectivity index (χ4n) is 0.776. The van der Waals surface area contributed by atoms with Crippen molar-refractivity contribution in [3.8, 4) is 0 Å². The SMILES string of the molecule is CC(=O)c1ccn(CC(=O)O)n1. The fourth-order valence-corrected chi connectivity index (χ4v) is 0.776. The summed E-state index contributed by atoms with van der Waals surface area (Å²) in [5, 5.41) is 12.1. The first-order valence-corrected chi connectivity index (χ1v) is 3.36. The topological polar surface area (TPSA) is 72.2 Å². The van der Waals surface area contributed by atoms with Crippen molar-refractivity contribution in [3.05, 3.63) is 18.0 Å². The number of hydrogen-bond acceptors (Lipinski definition) is 3. The number of aliphatic carboxylic acids is 1. The first kappa shape index (κ1) is 8.45. The predicted molar refractivity (Wildman–Crippen MR) is 39.9 cm³/mol. The van der Waals surface area contributed by atoms with Crippen LogP contribution in [0.2, 0.25) is 0 Å². The summed E-state index contributed by atoms with van der Waals surface area (Å²) in [5.41, 5.74) is 0.288. The van der Waals surface area contributed by atoms with E-state index in [0.29, 0.717) is 0 Å². The molecule has 0 saturated carbocycles. The standard InChI is InChI=1S/C7H8N2O3/c1-5(10)6-2-3-9(8-6)4-7(11)12/h2-3H,4H2,1H3,(H,11,12). The van der Waals surface area contributed by atoms with Gasteiger partial charge in [0.05, 0.1) is 0 Å². The van der Waals surface area contributed by atoms with Crippen LogP contribution in [0.1, 0.15) is 17.4 Å². The summed E-state index contributed by atoms with van der Waals surface area (Å²) in [6, 6.07) is 1.49. The molecule has 0 aliphatic heterocycles. The van der Waals surface area contributed by atoms with E-state index in [1.165, 1.54) is 23.9 Å². The van der Waals surface area contributed by atoms with Gasteiger partial charge in [0.2, 0.25) is 0 Å². The first-order chi connectivity index (χ1) is 5.59. The minimum Gasteiger partial charge on any atom is -0.480 e. The molecule has 0 radical (unpaired) electrons. The van der Waals surface area contributed by atoms with E-state index in [9.17, 15) is 9.59 Å². The average molecular weight is 168 g/mol. The maximum absolute atomic E-state index is 10.7. The molecule has 64 valence electrons. The zero-order chi connectivity index (χ0) is 9.14. The van der Waals surface area contributed by atoms with Crippen LogP contribution in [-0.4, -0.2) is 26.6 Å². The lowest BCUT2D eigenvalue weighted by atomic mass is 10.3. The molecule has 0 amide bonds. The normalized spacial score (nSPS) is 9.75. The summed E-state index contributed by atoms with van der Waals surface area (Å²) in [7, 11) is 0. The highest BCUT2D eigenvalue weighted by Gasteiger charge is 2.05. The van der Waals surface area contributed by atoms with Gasteiger partial charge in [0.25, 0.3) is 0 Å². The van der Waals surface area contributed by atoms with Crippen molar-refractivity contribution >= 4 is 11.8 Å². The van der Waals surface area contributed by atoms with Crippen molar-refractivity contribution in [1.82, 2.24) is 9.78 Å². The molecule has 5 heteroatoms. The number of Topliss-reactive ketones (excluding diaryl/α,β-unsaturated/α-hetero) is 1. The smallest absolute Gasteiger partial charge is 0.325 e. The third-order valence-electron chi connectivity index (χ3n) is 1.30. The Bertz CT molecular complexity index is 316. The molecule has 0 aliphatic carbocycles. The molecular weight excluding hydrogens is 160 g/mol. The van der Waals surface area contributed by atoms with E-state index >= 15 is 0 Å². The Labute approximate surface area is 68.6 Å². The highest BCUT2D eigenvalue weighted by molar-refractivity contribution is 5.91. The number of carboxylic acids is 1. The Hall–Kier alpha value is -1.65. The largest absolute Gasteiger partial charge is 0.480 e. The van der Waals surface area contributed by atoms with E-state index in [1.54, 1.807) is 0 Å². The van der Waals surface area contributed by atoms with Crippen molar-refractivity contribution in [2.75, 3.05) is 0 Å². The molecule has 0 spiro atoms. The van der Waals surface area contributed by atoms with Crippen LogP contribution < -0.4 is 0 Å². The van der Waals surface area contributed by atoms with E-state index in [0.717, 1.165) is 0 Å². The average Bonchev–Trinajstić information content (AvgIpc) is 2.34. The Morgan fingerprint density at radius 2 is 2.33 bits per heavy atom. The highest BCUT2D eigenvalue weighted by atomic mass is 16.4. The Kier molecular flexibility index (Phi) is 2.23. The van der Waals surface area contributed by atoms with Gasteiger partial charge < -0.3 is 5.11 Å². The van der Waals surface area contributed by atoms with Gasteiger partial charge >= 0.3 is 5.97 Å². The van der Waals surface area contributed by atoms with Crippen molar-refractivity contribution in [2.24, 2.45) is 0 Å². The lowest BCUT2D eigenvalue weighted by Gasteiger charge is -1.93. The van der Waals surface area contributed by atoms with Crippen LogP contribution in [0.15, 0.2) is 12.3 Å². The quantitative estimate of drug-likeness (QED) is 0.653. The zero-order valence-electron chi connectivity index (χ0n) is 6.52. The lowest BCUT2D eigenvalue weighted by molar-refractivity contribution is -0.137. The molecule has 12 heavy (non-hydrogen) atoms. The van der Waals surface area contributed by atoms with Gasteiger partial charge in [0.1, 0.15) is 12.2 Å². The minimum absolute atomic E-state index is 0.167. The molecule has 0 aliphatic rings. The molecule has 1 N–H and O–H groups in total. The molecule has 1 aromatic rings. The van der Waals surface area contributed by atoms with Crippen LogP contribution in [-0.2, 0) is 11.3 Å². The first-order valence-electron chi connectivity index (χ1n) is 3.36. The maximum Gasteiger partial charge on any atom is 0.325 e. The molecule has 5 nitrogen and oxygen atoms in total. The van der Waals surface area contributed by atoms with Crippen molar-refractivity contribution in [1.29, 1.82) is 0 Å². The van der Waals surface area contributed by atoms with Crippen molar-refractivity contribution in [2.45, 2.75) is 13.5 Å². The molecule has 0 saturated heterocycles. The number of rotatable bonds is 3. The molecule has 0 aromatic carbocycles. The zero-order valence-corrected chi connectivity index (χ0v) is 6.52. The van der Waals surface area contributed by atoms with E-state index < -0.39 is 5.97 Å². The Balaban J connectivity index is 2.77. The number of aromatic nitrogens is 2. The number of nitrogens with zero attached hydrogens (tertiary/aromatic N) is 2. The van der Waals surface area contributed by atoms with Gasteiger partial charge in [-0.3, -0.25) is 14.3 Å². The number of carbonyl (C=O) groups is 2. The number of carboxylic acid groups (broad SMARTS) is 1. The van der Waals surface area contributed by atoms with E-state index in [4.69, 9.17) is 5.11 Å². The van der Waals surface area contributed by atoms with Crippen LogP contribution in [0.4, 0.5) is 0 Å². The van der Waals surface area contributed by atoms with Crippen molar-refractivity contribution < 1.29 is 14.7 Å². The third-order valence-corrected chi connectivity index (χ3v) is 1.30. The van der Waals surface area contributed by atoms with Crippen LogP contribution >= 0.6 is 0 Å². The fraction of sp³-hybridized carbons (Fsp3) is 0.286. The van der Waals surface area contributed by atoms with Gasteiger partial charge in [-0.2, -0.15) is 5.10 Å². The number of hydrogen-bond donors (Lipinski definition) is 1. The van der Waals surface area contributed by atoms with Crippen LogP contribution in [0, 0.1) is 0 Å². The van der Waals surface area contributed by atoms with Crippen LogP contribution in [0.5, 0.6) is 0 Å². The van der Waals surface area contributed by atoms with Gasteiger partial charge in [-0.05, 0) is 6.07 Å². The molecule has 1 heterocycles. The lowest BCUT2D eigenvalue weighted by Crippen LogP contribution is -2.09. The molecule has 0 bridgehead atoms. The summed E-state index contributed by atoms with van der Waals surface area (Å²) < 4.78 is 1.21. The van der Waals surface area contributed by atoms with Crippen LogP contribution in [0.25, 0.3) is 0 Å². The minimum atomic E-state index is -0.979. The molecule has 1 aromatic heterocycles. The highest BCUT2D eigenvalue weighted by Crippen LogP contribution is 1.95. The van der Waals surface area contributed by atoms with E-state index in [2.05, 4.69) is 5.10 Å². The predicted octanol–water partition coefficient (Wildman–Crippen LogP) is 0.170. The molecular formula is C7H8N2O3. The third kappa shape index (κ3) is 1.91. The summed E-state index contributed by atoms with van der Waals surface area (Å²) >= 11 is 0. The molecule has 0 fully saturated rings. The van der Waals surface area contributed by atoms with Gasteiger partial charge in [-0.1, -0.05) is 0 Å². The summed E-state index contributed by atoms with van der Waals surface area (Å²) in [4.78, 5) is 20.9. The van der Waals surface area contributed by atoms with Gasteiger partial charge in [-0.25, -0.2) is 0 Å². The van der Waals surface area contributed by atoms with Gasteiger partial charge in [-0.15, -0.1) is 0 Å². The van der Waals surface area contributed by atoms with Crippen LogP contribution in [0.3, 0.4) is 0 Å². The van der Waals surface area contributed by atoms with Crippen molar-refractivity contribution in [3.63, 3.8) is 0 Å². The van der Waals surface area contributed by atoms with E-state index in [1.807, 2.05) is 0 Å². The van der Waals surface area contributed by atoms with Gasteiger partial charge in [0.15, 0.2) is 5.78 Å². The summed E-state index contributed by atoms with van der Waals surface area (Å²) in [6.45, 7) is 1.17. The second kappa shape index (κ2) is 3.17. The monoisotopic (exact) mass is 168 g/mol. The Morgan fingerprint density at radius 3 is 2.75 bits per heavy atom. The molecule has 0 unspecified atom stereocenters. The second-order valence-corrected chi connectivity index (χ2v) is 2.35. The summed E-state index contributed by atoms with van der Waals surface area (Å²) in [6.07, 6.45) is 1.46. The molecule has 0 atom stereocenters. The maximum atomic E-state index is 10.7. The number of ketones is 1. The Morgan fingerprint density at radius 1 is 1.67 bits per heavy atom. The summed E-state index contributed by atoms with van der Waals surface area (Å²) in [5.74, 6) is -1.15. The second-order valence-electron chi connectivity index (χ2n) is 2.35. The molecule has 1 rings (SSSR count). The van der Waals surface area contributed by atoms with E-state index in [-0.39, 0.29) is 18.0 Å².